The molecule has 0 aliphatic rings. The van der Waals surface area contributed by atoms with E-state index in [0.29, 0.717) is 11.8 Å². The van der Waals surface area contributed by atoms with Crippen LogP contribution in [0.2, 0.25) is 15.2 Å². The van der Waals surface area contributed by atoms with Gasteiger partial charge < -0.3 is 5.11 Å². The van der Waals surface area contributed by atoms with Gasteiger partial charge >= 0.3 is 0 Å². The van der Waals surface area contributed by atoms with E-state index in [-0.39, 0.29) is 32.2 Å². The highest BCUT2D eigenvalue weighted by Crippen LogP contribution is 2.37. The molecule has 3 nitrogen and oxygen atoms in total. The number of para-hydroxylation sites is 1. The summed E-state index contributed by atoms with van der Waals surface area (Å²) in [6, 6.07) is 6.11. The van der Waals surface area contributed by atoms with Crippen molar-refractivity contribution in [3.63, 3.8) is 0 Å². The largest absolute Gasteiger partial charge is 0.506 e. The number of hydrogen-bond acceptors (Lipinski definition) is 3. The maximum atomic E-state index is 10.8. The second kappa shape index (κ2) is 5.14. The van der Waals surface area contributed by atoms with Gasteiger partial charge in [-0.1, -0.05) is 40.9 Å². The van der Waals surface area contributed by atoms with Crippen molar-refractivity contribution in [1.82, 2.24) is 4.98 Å². The number of halogens is 3. The fourth-order valence-corrected chi connectivity index (χ4v) is 2.08. The number of phenols is 1. The third-order valence-electron chi connectivity index (χ3n) is 2.34. The highest BCUT2D eigenvalue weighted by molar-refractivity contribution is 6.43. The topological polar surface area (TPSA) is 50.2 Å². The summed E-state index contributed by atoms with van der Waals surface area (Å²) in [5, 5.41) is 10.5. The van der Waals surface area contributed by atoms with Gasteiger partial charge in [-0.05, 0) is 18.2 Å². The summed E-state index contributed by atoms with van der Waals surface area (Å²) in [4.78, 5) is 14.8. The van der Waals surface area contributed by atoms with Crippen molar-refractivity contribution in [2.24, 2.45) is 0 Å². The zero-order valence-corrected chi connectivity index (χ0v) is 11.1. The lowest BCUT2D eigenvalue weighted by Crippen LogP contribution is -1.90. The van der Waals surface area contributed by atoms with E-state index in [1.54, 1.807) is 12.1 Å². The lowest BCUT2D eigenvalue weighted by molar-refractivity contribution is 0.112. The van der Waals surface area contributed by atoms with E-state index >= 15 is 0 Å². The quantitative estimate of drug-likeness (QED) is 0.667. The molecule has 0 fully saturated rings. The van der Waals surface area contributed by atoms with E-state index in [4.69, 9.17) is 34.8 Å². The Morgan fingerprint density at radius 2 is 1.89 bits per heavy atom. The molecule has 18 heavy (non-hydrogen) atoms. The first-order valence-electron chi connectivity index (χ1n) is 4.83. The van der Waals surface area contributed by atoms with Crippen LogP contribution in [-0.2, 0) is 0 Å². The molecule has 0 amide bonds. The van der Waals surface area contributed by atoms with Crippen LogP contribution in [0.3, 0.4) is 0 Å². The summed E-state index contributed by atoms with van der Waals surface area (Å²) in [5.74, 6) is -0.194. The molecule has 0 saturated carbocycles. The number of aromatic nitrogens is 1. The number of rotatable bonds is 2. The number of hydrogen-bond donors (Lipinski definition) is 1. The Morgan fingerprint density at radius 3 is 2.56 bits per heavy atom. The lowest BCUT2D eigenvalue weighted by atomic mass is 10.1. The number of benzene rings is 1. The first kappa shape index (κ1) is 13.1. The van der Waals surface area contributed by atoms with Crippen molar-refractivity contribution < 1.29 is 9.90 Å². The van der Waals surface area contributed by atoms with E-state index in [9.17, 15) is 9.90 Å². The number of nitrogens with zero attached hydrogens (tertiary/aromatic N) is 1. The minimum absolute atomic E-state index is 0.0759. The van der Waals surface area contributed by atoms with Gasteiger partial charge in [-0.2, -0.15) is 0 Å². The molecule has 0 aliphatic carbocycles. The third-order valence-corrected chi connectivity index (χ3v) is 3.30. The highest BCUT2D eigenvalue weighted by atomic mass is 35.5. The molecule has 2 rings (SSSR count). The average Bonchev–Trinajstić information content (AvgIpc) is 2.34. The van der Waals surface area contributed by atoms with Crippen LogP contribution in [0.25, 0.3) is 11.3 Å². The second-order valence-corrected chi connectivity index (χ2v) is 4.63. The molecular weight excluding hydrogens is 296 g/mol. The summed E-state index contributed by atoms with van der Waals surface area (Å²) in [5.41, 5.74) is 0.742. The van der Waals surface area contributed by atoms with Gasteiger partial charge in [-0.3, -0.25) is 4.79 Å². The molecule has 0 unspecified atom stereocenters. The Kier molecular flexibility index (Phi) is 3.76. The predicted molar refractivity (Wildman–Crippen MR) is 71.8 cm³/mol. The minimum Gasteiger partial charge on any atom is -0.506 e. The Hall–Kier alpha value is -1.29. The fourth-order valence-electron chi connectivity index (χ4n) is 1.48. The Bertz CT molecular complexity index is 629. The molecule has 1 N–H and O–H groups in total. The van der Waals surface area contributed by atoms with Gasteiger partial charge in [0.15, 0.2) is 6.29 Å². The zero-order valence-electron chi connectivity index (χ0n) is 8.82. The normalized spacial score (nSPS) is 10.4. The molecule has 6 heteroatoms. The minimum atomic E-state index is -0.194. The summed E-state index contributed by atoms with van der Waals surface area (Å²) in [6.45, 7) is 0. The smallest absolute Gasteiger partial charge is 0.153 e. The van der Waals surface area contributed by atoms with Crippen molar-refractivity contribution in [3.8, 4) is 17.0 Å². The summed E-state index contributed by atoms with van der Waals surface area (Å²) < 4.78 is 0. The van der Waals surface area contributed by atoms with Crippen molar-refractivity contribution in [1.29, 1.82) is 0 Å². The molecule has 0 aliphatic heterocycles. The maximum Gasteiger partial charge on any atom is 0.153 e. The number of pyridine rings is 1. The molecule has 1 heterocycles. The van der Waals surface area contributed by atoms with Crippen molar-refractivity contribution in [3.05, 3.63) is 45.0 Å². The Morgan fingerprint density at radius 1 is 1.17 bits per heavy atom. The summed E-state index contributed by atoms with van der Waals surface area (Å²) in [7, 11) is 0. The van der Waals surface area contributed by atoms with Gasteiger partial charge in [0.2, 0.25) is 0 Å². The number of carbonyl (C=O) groups excluding carboxylic acids is 1. The first-order chi connectivity index (χ1) is 8.54. The van der Waals surface area contributed by atoms with E-state index in [1.165, 1.54) is 12.1 Å². The van der Waals surface area contributed by atoms with E-state index in [1.807, 2.05) is 0 Å². The average molecular weight is 303 g/mol. The molecular formula is C12H6Cl3NO2. The van der Waals surface area contributed by atoms with E-state index in [0.717, 1.165) is 0 Å². The van der Waals surface area contributed by atoms with E-state index < -0.39 is 0 Å². The van der Waals surface area contributed by atoms with Gasteiger partial charge in [-0.15, -0.1) is 0 Å². The van der Waals surface area contributed by atoms with Crippen LogP contribution in [0, 0.1) is 0 Å². The molecule has 0 saturated heterocycles. The van der Waals surface area contributed by atoms with Crippen LogP contribution in [0.4, 0.5) is 0 Å². The van der Waals surface area contributed by atoms with Crippen LogP contribution in [0.5, 0.6) is 5.75 Å². The van der Waals surface area contributed by atoms with Gasteiger partial charge in [-0.25, -0.2) is 4.98 Å². The van der Waals surface area contributed by atoms with Gasteiger partial charge in [0.05, 0.1) is 21.3 Å². The number of aromatic hydroxyl groups is 1. The monoisotopic (exact) mass is 301 g/mol. The Balaban J connectivity index is 2.69. The summed E-state index contributed by atoms with van der Waals surface area (Å²) >= 11 is 17.6. The number of carbonyl (C=O) groups is 1. The summed E-state index contributed by atoms with van der Waals surface area (Å²) in [6.07, 6.45) is 0.546. The van der Waals surface area contributed by atoms with Crippen LogP contribution >= 0.6 is 34.8 Å². The van der Waals surface area contributed by atoms with E-state index in [2.05, 4.69) is 4.98 Å². The van der Waals surface area contributed by atoms with Crippen LogP contribution in [-0.4, -0.2) is 16.4 Å². The van der Waals surface area contributed by atoms with Gasteiger partial charge in [0, 0.05) is 5.56 Å². The zero-order chi connectivity index (χ0) is 13.3. The maximum absolute atomic E-state index is 10.8. The standard InChI is InChI=1S/C12H6Cl3NO2/c13-8-4-9(14)12(15)16-10(8)7-3-1-2-6(5-17)11(7)18/h1-5,18H. The molecule has 1 aromatic carbocycles. The molecule has 92 valence electrons. The Labute approximate surface area is 118 Å². The molecule has 0 atom stereocenters. The van der Waals surface area contributed by atoms with Crippen LogP contribution in [0.15, 0.2) is 24.3 Å². The molecule has 0 bridgehead atoms. The molecule has 0 radical (unpaired) electrons. The van der Waals surface area contributed by atoms with Crippen LogP contribution < -0.4 is 0 Å². The van der Waals surface area contributed by atoms with Gasteiger partial charge in [0.1, 0.15) is 10.9 Å². The van der Waals surface area contributed by atoms with Crippen LogP contribution in [0.1, 0.15) is 10.4 Å². The third kappa shape index (κ3) is 2.29. The first-order valence-corrected chi connectivity index (χ1v) is 5.97. The highest BCUT2D eigenvalue weighted by Gasteiger charge is 2.15. The lowest BCUT2D eigenvalue weighted by Gasteiger charge is -2.08. The number of aldehydes is 1. The second-order valence-electron chi connectivity index (χ2n) is 3.45. The van der Waals surface area contributed by atoms with Gasteiger partial charge in [0.25, 0.3) is 0 Å². The predicted octanol–water partition coefficient (Wildman–Crippen LogP) is 4.23. The van der Waals surface area contributed by atoms with Crippen molar-refractivity contribution >= 4 is 41.1 Å². The SMILES string of the molecule is O=Cc1cccc(-c2nc(Cl)c(Cl)cc2Cl)c1O. The molecule has 2 aromatic rings. The van der Waals surface area contributed by atoms with Crippen molar-refractivity contribution in [2.45, 2.75) is 0 Å². The fraction of sp³-hybridized carbons (Fsp3) is 0. The van der Waals surface area contributed by atoms with Crippen molar-refractivity contribution in [2.75, 3.05) is 0 Å². The number of phenolic OH excluding ortho intramolecular Hbond substituents is 1. The molecule has 0 spiro atoms. The molecule has 1 aromatic heterocycles.